The second-order valence-corrected chi connectivity index (χ2v) is 7.44. The summed E-state index contributed by atoms with van der Waals surface area (Å²) < 4.78 is 5.20. The number of carbonyl (C=O) groups is 2. The predicted octanol–water partition coefficient (Wildman–Crippen LogP) is 1.93. The van der Waals surface area contributed by atoms with Gasteiger partial charge in [0.25, 0.3) is 5.91 Å². The van der Waals surface area contributed by atoms with E-state index in [-0.39, 0.29) is 35.8 Å². The van der Waals surface area contributed by atoms with E-state index < -0.39 is 0 Å². The summed E-state index contributed by atoms with van der Waals surface area (Å²) in [4.78, 5) is 32.6. The first-order valence-electron chi connectivity index (χ1n) is 10.2. The molecule has 1 saturated carbocycles. The number of halogens is 1. The number of hydrogen-bond donors (Lipinski definition) is 2. The van der Waals surface area contributed by atoms with E-state index in [4.69, 9.17) is 4.42 Å². The normalized spacial score (nSPS) is 17.8. The Hall–Kier alpha value is -1.78. The van der Waals surface area contributed by atoms with Gasteiger partial charge < -0.3 is 24.9 Å². The summed E-state index contributed by atoms with van der Waals surface area (Å²) in [5, 5.41) is 6.29. The zero-order valence-electron chi connectivity index (χ0n) is 17.1. The number of furan rings is 1. The first-order valence-corrected chi connectivity index (χ1v) is 10.2. The molecule has 29 heavy (non-hydrogen) atoms. The van der Waals surface area contributed by atoms with Crippen LogP contribution in [0.4, 0.5) is 0 Å². The van der Waals surface area contributed by atoms with Crippen LogP contribution in [0.25, 0.3) is 0 Å². The minimum Gasteiger partial charge on any atom is -0.459 e. The summed E-state index contributed by atoms with van der Waals surface area (Å²) in [6.45, 7) is 3.88. The molecule has 1 saturated heterocycles. The number of hydrogen-bond acceptors (Lipinski definition) is 4. The molecule has 0 bridgehead atoms. The van der Waals surface area contributed by atoms with Crippen molar-refractivity contribution in [3.63, 3.8) is 0 Å². The molecule has 2 heterocycles. The van der Waals surface area contributed by atoms with Crippen molar-refractivity contribution < 1.29 is 14.0 Å². The van der Waals surface area contributed by atoms with Crippen LogP contribution in [-0.2, 0) is 4.79 Å². The van der Waals surface area contributed by atoms with E-state index in [9.17, 15) is 9.59 Å². The molecule has 9 heteroatoms. The molecule has 0 aromatic carbocycles. The summed E-state index contributed by atoms with van der Waals surface area (Å²) in [5.41, 5.74) is 0. The van der Waals surface area contributed by atoms with Crippen LogP contribution in [0.5, 0.6) is 0 Å². The van der Waals surface area contributed by atoms with Gasteiger partial charge in [-0.1, -0.05) is 12.8 Å². The monoisotopic (exact) mass is 517 g/mol. The third kappa shape index (κ3) is 6.90. The molecular formula is C20H32IN5O3. The van der Waals surface area contributed by atoms with Gasteiger partial charge in [-0.2, -0.15) is 0 Å². The summed E-state index contributed by atoms with van der Waals surface area (Å²) in [7, 11) is 1.75. The fourth-order valence-corrected chi connectivity index (χ4v) is 3.93. The molecule has 2 N–H and O–H groups in total. The highest BCUT2D eigenvalue weighted by Gasteiger charge is 2.25. The van der Waals surface area contributed by atoms with Gasteiger partial charge in [0.1, 0.15) is 0 Å². The Morgan fingerprint density at radius 2 is 1.76 bits per heavy atom. The lowest BCUT2D eigenvalue weighted by Crippen LogP contribution is -2.54. The molecule has 2 aliphatic rings. The number of carbonyl (C=O) groups excluding carboxylic acids is 2. The van der Waals surface area contributed by atoms with E-state index in [1.54, 1.807) is 24.1 Å². The smallest absolute Gasteiger partial charge is 0.289 e. The number of rotatable bonds is 6. The summed E-state index contributed by atoms with van der Waals surface area (Å²) in [6, 6.07) is 3.41. The largest absolute Gasteiger partial charge is 0.459 e. The van der Waals surface area contributed by atoms with Gasteiger partial charge in [0.05, 0.1) is 6.26 Å². The molecule has 0 spiro atoms. The second kappa shape index (κ2) is 12.0. The number of aliphatic imine (C=N–C) groups is 1. The molecule has 2 amide bonds. The fourth-order valence-electron chi connectivity index (χ4n) is 3.93. The first kappa shape index (κ1) is 23.5. The second-order valence-electron chi connectivity index (χ2n) is 7.44. The highest BCUT2D eigenvalue weighted by molar-refractivity contribution is 14.0. The molecule has 0 unspecified atom stereocenters. The Morgan fingerprint density at radius 1 is 1.10 bits per heavy atom. The van der Waals surface area contributed by atoms with Crippen molar-refractivity contribution >= 4 is 41.8 Å². The van der Waals surface area contributed by atoms with Gasteiger partial charge in [0.15, 0.2) is 11.7 Å². The van der Waals surface area contributed by atoms with E-state index in [2.05, 4.69) is 20.5 Å². The first-order chi connectivity index (χ1) is 13.7. The van der Waals surface area contributed by atoms with Crippen molar-refractivity contribution in [3.8, 4) is 0 Å². The van der Waals surface area contributed by atoms with Gasteiger partial charge in [-0.3, -0.25) is 14.6 Å². The minimum atomic E-state index is -0.0717. The SMILES string of the molecule is CN=C(NCCNC(=O)CC1CCCC1)N1CCN(C(=O)c2ccco2)CC1.I. The Kier molecular flexibility index (Phi) is 9.75. The van der Waals surface area contributed by atoms with E-state index in [1.165, 1.54) is 31.9 Å². The van der Waals surface area contributed by atoms with Crippen molar-refractivity contribution in [2.45, 2.75) is 32.1 Å². The van der Waals surface area contributed by atoms with Crippen molar-refractivity contribution in [3.05, 3.63) is 24.2 Å². The number of nitrogens with one attached hydrogen (secondary N) is 2. The highest BCUT2D eigenvalue weighted by Crippen LogP contribution is 2.27. The zero-order chi connectivity index (χ0) is 19.8. The molecule has 1 aromatic heterocycles. The highest BCUT2D eigenvalue weighted by atomic mass is 127. The summed E-state index contributed by atoms with van der Waals surface area (Å²) >= 11 is 0. The standard InChI is InChI=1S/C20H31N5O3.HI/c1-21-20(23-9-8-22-18(26)15-16-5-2-3-6-16)25-12-10-24(11-13-25)19(27)17-7-4-14-28-17;/h4,7,14,16H,2-3,5-6,8-13,15H2,1H3,(H,21,23)(H,22,26);1H. The van der Waals surface area contributed by atoms with Crippen LogP contribution in [0.15, 0.2) is 27.8 Å². The molecular weight excluding hydrogens is 485 g/mol. The predicted molar refractivity (Wildman–Crippen MR) is 123 cm³/mol. The van der Waals surface area contributed by atoms with Gasteiger partial charge in [-0.05, 0) is 30.9 Å². The van der Waals surface area contributed by atoms with Gasteiger partial charge in [0, 0.05) is 52.7 Å². The minimum absolute atomic E-state index is 0. The maximum Gasteiger partial charge on any atom is 0.289 e. The van der Waals surface area contributed by atoms with Gasteiger partial charge in [0.2, 0.25) is 5.91 Å². The quantitative estimate of drug-likeness (QED) is 0.261. The average molecular weight is 517 g/mol. The van der Waals surface area contributed by atoms with Crippen molar-refractivity contribution in [2.24, 2.45) is 10.9 Å². The topological polar surface area (TPSA) is 90.2 Å². The van der Waals surface area contributed by atoms with Crippen LogP contribution < -0.4 is 10.6 Å². The van der Waals surface area contributed by atoms with Crippen molar-refractivity contribution in [1.82, 2.24) is 20.4 Å². The lowest BCUT2D eigenvalue weighted by Gasteiger charge is -2.36. The van der Waals surface area contributed by atoms with Gasteiger partial charge in [-0.15, -0.1) is 24.0 Å². The Bertz CT molecular complexity index is 666. The molecule has 3 rings (SSSR count). The van der Waals surface area contributed by atoms with Crippen LogP contribution in [0.1, 0.15) is 42.7 Å². The Morgan fingerprint density at radius 3 is 2.38 bits per heavy atom. The molecule has 1 aliphatic heterocycles. The van der Waals surface area contributed by atoms with E-state index in [1.807, 2.05) is 0 Å². The molecule has 0 radical (unpaired) electrons. The number of piperazine rings is 1. The van der Waals surface area contributed by atoms with Crippen LogP contribution >= 0.6 is 24.0 Å². The number of guanidine groups is 1. The maximum absolute atomic E-state index is 12.3. The Labute approximate surface area is 189 Å². The third-order valence-corrected chi connectivity index (χ3v) is 5.49. The lowest BCUT2D eigenvalue weighted by atomic mass is 10.0. The summed E-state index contributed by atoms with van der Waals surface area (Å²) in [5.74, 6) is 1.83. The summed E-state index contributed by atoms with van der Waals surface area (Å²) in [6.07, 6.45) is 7.06. The van der Waals surface area contributed by atoms with Crippen molar-refractivity contribution in [1.29, 1.82) is 0 Å². The van der Waals surface area contributed by atoms with Crippen LogP contribution in [0, 0.1) is 5.92 Å². The number of nitrogens with zero attached hydrogens (tertiary/aromatic N) is 3. The number of amides is 2. The van der Waals surface area contributed by atoms with Gasteiger partial charge in [-0.25, -0.2) is 0 Å². The molecule has 1 aromatic rings. The molecule has 8 nitrogen and oxygen atoms in total. The lowest BCUT2D eigenvalue weighted by molar-refractivity contribution is -0.121. The Balaban J connectivity index is 0.00000300. The van der Waals surface area contributed by atoms with Gasteiger partial charge >= 0.3 is 0 Å². The van der Waals surface area contributed by atoms with Crippen LogP contribution in [0.3, 0.4) is 0 Å². The van der Waals surface area contributed by atoms with E-state index in [0.717, 1.165) is 5.96 Å². The fraction of sp³-hybridized carbons (Fsp3) is 0.650. The average Bonchev–Trinajstić information content (AvgIpc) is 3.42. The molecule has 162 valence electrons. The maximum atomic E-state index is 12.3. The molecule has 2 fully saturated rings. The van der Waals surface area contributed by atoms with Crippen LogP contribution in [0.2, 0.25) is 0 Å². The van der Waals surface area contributed by atoms with Crippen LogP contribution in [-0.4, -0.2) is 73.9 Å². The van der Waals surface area contributed by atoms with E-state index in [0.29, 0.717) is 57.4 Å². The van der Waals surface area contributed by atoms with E-state index >= 15 is 0 Å². The molecule has 1 aliphatic carbocycles. The van der Waals surface area contributed by atoms with Crippen molar-refractivity contribution in [2.75, 3.05) is 46.3 Å². The molecule has 0 atom stereocenters. The third-order valence-electron chi connectivity index (χ3n) is 5.49. The zero-order valence-corrected chi connectivity index (χ0v) is 19.4.